The second kappa shape index (κ2) is 23.2. The minimum atomic E-state index is -4.50. The SMILES string of the molecule is C=C(O)/C=C(\C)O/C(C)=C/C(C)=O.Cc1cn([C@H]2C[C@@H](O)C(COP(=O)(O)OCCCCCCNC(=O)c3ccc(C(=O)O)c(-c4c5ccc(=O)cc-5oc5cc(O)ccc45)c3)O2)c(=O)[nH]c1=O. The lowest BCUT2D eigenvalue weighted by atomic mass is 9.89. The van der Waals surface area contributed by atoms with E-state index in [0.717, 1.165) is 4.57 Å². The van der Waals surface area contributed by atoms with Gasteiger partial charge < -0.3 is 44.5 Å². The molecule has 0 bridgehead atoms. The highest BCUT2D eigenvalue weighted by Crippen LogP contribution is 2.45. The van der Waals surface area contributed by atoms with E-state index in [1.54, 1.807) is 19.9 Å². The van der Waals surface area contributed by atoms with Crippen molar-refractivity contribution in [3.8, 4) is 28.2 Å². The Balaban J connectivity index is 0.000000580. The molecule has 1 aliphatic carbocycles. The van der Waals surface area contributed by atoms with Crippen LogP contribution in [0, 0.1) is 6.92 Å². The number of aromatic nitrogens is 2. The second-order valence-electron chi connectivity index (χ2n) is 15.8. The number of hydrogen-bond acceptors (Lipinski definition) is 15. The topological polar surface area (TPSA) is 303 Å². The van der Waals surface area contributed by atoms with E-state index in [0.29, 0.717) is 53.7 Å². The third-order valence-corrected chi connectivity index (χ3v) is 11.2. The Morgan fingerprint density at radius 1 is 0.941 bits per heavy atom. The number of phosphoric acid groups is 1. The minimum absolute atomic E-state index is 0.00825. The molecule has 68 heavy (non-hydrogen) atoms. The van der Waals surface area contributed by atoms with E-state index in [4.69, 9.17) is 28.0 Å². The van der Waals surface area contributed by atoms with Gasteiger partial charge in [-0.2, -0.15) is 0 Å². The first-order valence-corrected chi connectivity index (χ1v) is 22.7. The number of aromatic carboxylic acids is 1. The largest absolute Gasteiger partial charge is 0.508 e. The highest BCUT2D eigenvalue weighted by Gasteiger charge is 2.37. The van der Waals surface area contributed by atoms with E-state index in [2.05, 4.69) is 16.9 Å². The number of benzene rings is 3. The number of ketones is 1. The average molecular weight is 962 g/mol. The molecular formula is C47H52N3O17P. The summed E-state index contributed by atoms with van der Waals surface area (Å²) in [6.45, 7) is 9.26. The summed E-state index contributed by atoms with van der Waals surface area (Å²) in [4.78, 5) is 84.3. The van der Waals surface area contributed by atoms with Gasteiger partial charge in [-0.1, -0.05) is 19.4 Å². The van der Waals surface area contributed by atoms with Crippen LogP contribution in [0.5, 0.6) is 5.75 Å². The molecule has 3 aromatic rings. The fraction of sp³-hybridized carbons (Fsp3) is 0.319. The van der Waals surface area contributed by atoms with Gasteiger partial charge >= 0.3 is 19.5 Å². The number of aliphatic hydroxyl groups excluding tert-OH is 2. The molecule has 6 rings (SSSR count). The summed E-state index contributed by atoms with van der Waals surface area (Å²) in [6, 6.07) is 12.7. The first kappa shape index (κ1) is 52.0. The molecule has 0 spiro atoms. The van der Waals surface area contributed by atoms with Gasteiger partial charge in [0.1, 0.15) is 46.7 Å². The number of carbonyl (C=O) groups excluding carboxylic acids is 2. The number of phenolic OH excluding ortho intramolecular Hbond substituents is 1. The van der Waals surface area contributed by atoms with Gasteiger partial charge in [0.2, 0.25) is 0 Å². The van der Waals surface area contributed by atoms with Crippen LogP contribution < -0.4 is 22.0 Å². The molecule has 0 saturated carbocycles. The van der Waals surface area contributed by atoms with Crippen LogP contribution >= 0.6 is 7.82 Å². The monoisotopic (exact) mass is 961 g/mol. The number of phosphoric ester groups is 1. The predicted molar refractivity (Wildman–Crippen MR) is 247 cm³/mol. The van der Waals surface area contributed by atoms with Crippen molar-refractivity contribution in [3.63, 3.8) is 0 Å². The zero-order chi connectivity index (χ0) is 49.9. The molecule has 2 aromatic carbocycles. The second-order valence-corrected chi connectivity index (χ2v) is 17.2. The molecule has 1 saturated heterocycles. The number of aromatic hydroxyl groups is 1. The van der Waals surface area contributed by atoms with Crippen molar-refractivity contribution in [1.29, 1.82) is 0 Å². The number of aryl methyl sites for hydroxylation is 1. The molecule has 362 valence electrons. The Labute approximate surface area is 388 Å². The lowest BCUT2D eigenvalue weighted by Crippen LogP contribution is -2.33. The van der Waals surface area contributed by atoms with Gasteiger partial charge in [0.05, 0.1) is 24.9 Å². The Kier molecular flexibility index (Phi) is 17.7. The molecule has 21 heteroatoms. The summed E-state index contributed by atoms with van der Waals surface area (Å²) in [5.74, 6) is -0.768. The van der Waals surface area contributed by atoms with Crippen LogP contribution in [0.1, 0.15) is 85.4 Å². The standard InChI is InChI=1S/C37H38N3O14P.C10H14O3/c1-20-18-40(37(48)39-34(20)44)32-17-28(43)31(54-32)19-52-55(49,50)51-13-5-3-2-4-12-38-35(45)21-6-9-24(36(46)47)27(14-21)33-25-10-7-22(41)15-29(25)53-30-16-23(42)8-11-26(30)33;1-7(11)5-9(3)13-10(4)6-8(2)12/h6-11,14-16,18,28,31-32,41,43H,2-5,12-13,17,19H2,1H3,(H,38,45)(H,46,47)(H,49,50)(H,39,44,48);5-6,11H,1H2,2-4H3/b;9-5+,10-6+/t28-,31?,32-;/m1./s1. The van der Waals surface area contributed by atoms with Gasteiger partial charge in [-0.15, -0.1) is 0 Å². The van der Waals surface area contributed by atoms with E-state index in [-0.39, 0.29) is 75.9 Å². The zero-order valence-corrected chi connectivity index (χ0v) is 38.4. The number of aromatic amines is 1. The van der Waals surface area contributed by atoms with Crippen LogP contribution in [0.4, 0.5) is 0 Å². The van der Waals surface area contributed by atoms with Crippen LogP contribution in [0.25, 0.3) is 33.4 Å². The maximum absolute atomic E-state index is 13.2. The van der Waals surface area contributed by atoms with E-state index in [1.165, 1.54) is 80.7 Å². The van der Waals surface area contributed by atoms with Crippen molar-refractivity contribution in [2.24, 2.45) is 0 Å². The normalized spacial score (nSPS) is 17.0. The first-order valence-electron chi connectivity index (χ1n) is 21.2. The number of carboxylic acid groups (broad SMARTS) is 1. The van der Waals surface area contributed by atoms with Crippen LogP contribution in [0.2, 0.25) is 0 Å². The Morgan fingerprint density at radius 2 is 1.66 bits per heavy atom. The van der Waals surface area contributed by atoms with E-state index >= 15 is 0 Å². The maximum Gasteiger partial charge on any atom is 0.472 e. The molecule has 1 aromatic heterocycles. The number of ether oxygens (including phenoxy) is 2. The number of rotatable bonds is 19. The molecular weight excluding hydrogens is 909 g/mol. The van der Waals surface area contributed by atoms with Gasteiger partial charge in [-0.05, 0) is 88.6 Å². The number of H-pyrrole nitrogens is 1. The number of hydrogen-bond donors (Lipinski definition) is 7. The van der Waals surface area contributed by atoms with Crippen LogP contribution in [0.15, 0.2) is 116 Å². The summed E-state index contributed by atoms with van der Waals surface area (Å²) in [6.07, 6.45) is 3.18. The zero-order valence-electron chi connectivity index (χ0n) is 37.6. The van der Waals surface area contributed by atoms with Gasteiger partial charge in [0, 0.05) is 71.1 Å². The van der Waals surface area contributed by atoms with E-state index in [9.17, 15) is 53.5 Å². The number of amides is 1. The molecule has 4 atom stereocenters. The fourth-order valence-corrected chi connectivity index (χ4v) is 7.94. The Bertz CT molecular complexity index is 2920. The third kappa shape index (κ3) is 14.3. The Hall–Kier alpha value is -6.93. The van der Waals surface area contributed by atoms with Crippen molar-refractivity contribution in [2.45, 2.75) is 78.2 Å². The summed E-state index contributed by atoms with van der Waals surface area (Å²) in [7, 11) is -4.50. The minimum Gasteiger partial charge on any atom is -0.508 e. The number of phenols is 1. The van der Waals surface area contributed by atoms with Crippen molar-refractivity contribution in [3.05, 3.63) is 145 Å². The molecule has 7 N–H and O–H groups in total. The van der Waals surface area contributed by atoms with Gasteiger partial charge in [0.15, 0.2) is 11.2 Å². The number of allylic oxidation sites excluding steroid dienone is 4. The molecule has 3 heterocycles. The van der Waals surface area contributed by atoms with Gasteiger partial charge in [-0.25, -0.2) is 14.2 Å². The molecule has 2 aliphatic heterocycles. The lowest BCUT2D eigenvalue weighted by Gasteiger charge is -2.18. The summed E-state index contributed by atoms with van der Waals surface area (Å²) < 4.78 is 40.2. The smallest absolute Gasteiger partial charge is 0.472 e. The first-order chi connectivity index (χ1) is 32.1. The number of unbranched alkanes of at least 4 members (excludes halogenated alkanes) is 3. The molecule has 2 unspecified atom stereocenters. The number of aliphatic hydroxyl groups is 2. The molecule has 1 fully saturated rings. The number of carboxylic acids is 1. The van der Waals surface area contributed by atoms with Gasteiger partial charge in [-0.3, -0.25) is 37.8 Å². The quantitative estimate of drug-likeness (QED) is 0.0118. The van der Waals surface area contributed by atoms with E-state index < -0.39 is 56.0 Å². The highest BCUT2D eigenvalue weighted by molar-refractivity contribution is 7.47. The van der Waals surface area contributed by atoms with Crippen molar-refractivity contribution < 1.29 is 67.2 Å². The van der Waals surface area contributed by atoms with Crippen molar-refractivity contribution >= 4 is 36.5 Å². The third-order valence-electron chi connectivity index (χ3n) is 10.2. The van der Waals surface area contributed by atoms with Crippen LogP contribution in [-0.2, 0) is 27.9 Å². The highest BCUT2D eigenvalue weighted by atomic mass is 31.2. The molecule has 0 radical (unpaired) electrons. The number of carbonyl (C=O) groups is 3. The lowest BCUT2D eigenvalue weighted by molar-refractivity contribution is -0.112. The van der Waals surface area contributed by atoms with Crippen molar-refractivity contribution in [2.75, 3.05) is 19.8 Å². The van der Waals surface area contributed by atoms with Crippen molar-refractivity contribution in [1.82, 2.24) is 14.9 Å². The Morgan fingerprint density at radius 3 is 2.37 bits per heavy atom. The predicted octanol–water partition coefficient (Wildman–Crippen LogP) is 6.37. The average Bonchev–Trinajstić information content (AvgIpc) is 3.62. The summed E-state index contributed by atoms with van der Waals surface area (Å²) in [5, 5.41) is 42.5. The maximum atomic E-state index is 13.2. The van der Waals surface area contributed by atoms with E-state index in [1.807, 2.05) is 0 Å². The number of nitrogens with one attached hydrogen (secondary N) is 2. The van der Waals surface area contributed by atoms with Crippen LogP contribution in [0.3, 0.4) is 0 Å². The summed E-state index contributed by atoms with van der Waals surface area (Å²) >= 11 is 0. The number of fused-ring (bicyclic) bond motifs is 2. The van der Waals surface area contributed by atoms with Crippen LogP contribution in [-0.4, -0.2) is 84.5 Å². The van der Waals surface area contributed by atoms with Gasteiger partial charge in [0.25, 0.3) is 11.5 Å². The fourth-order valence-electron chi connectivity index (χ4n) is 7.17. The molecule has 3 aliphatic rings. The molecule has 20 nitrogen and oxygen atoms in total. The summed E-state index contributed by atoms with van der Waals surface area (Å²) in [5.41, 5.74) is 0.0763. The number of nitrogens with zero attached hydrogens (tertiary/aromatic N) is 1. The molecule has 1 amide bonds.